The molecule has 8 nitrogen and oxygen atoms in total. The van der Waals surface area contributed by atoms with E-state index in [1.165, 1.54) is 18.3 Å². The highest BCUT2D eigenvalue weighted by Gasteiger charge is 2.20. The van der Waals surface area contributed by atoms with Crippen LogP contribution in [0.15, 0.2) is 53.6 Å². The number of nitrogens with two attached hydrogens (primary N) is 1. The molecule has 4 N–H and O–H groups in total. The van der Waals surface area contributed by atoms with Crippen LogP contribution < -0.4 is 15.8 Å². The fourth-order valence-corrected chi connectivity index (χ4v) is 4.06. The summed E-state index contributed by atoms with van der Waals surface area (Å²) in [5.74, 6) is -1.61. The average Bonchev–Trinajstić information content (AvgIpc) is 2.74. The van der Waals surface area contributed by atoms with Crippen LogP contribution in [0.1, 0.15) is 34.5 Å². The summed E-state index contributed by atoms with van der Waals surface area (Å²) in [6.07, 6.45) is 1.77. The van der Waals surface area contributed by atoms with Crippen LogP contribution in [0.25, 0.3) is 11.1 Å². The van der Waals surface area contributed by atoms with Crippen LogP contribution in [0, 0.1) is 5.82 Å². The lowest BCUT2D eigenvalue weighted by Gasteiger charge is -2.19. The van der Waals surface area contributed by atoms with Gasteiger partial charge < -0.3 is 20.9 Å². The summed E-state index contributed by atoms with van der Waals surface area (Å²) in [4.78, 5) is 15.8. The Balaban J connectivity index is 2.05. The molecule has 0 unspecified atom stereocenters. The average molecular weight is 474 g/mol. The summed E-state index contributed by atoms with van der Waals surface area (Å²) >= 11 is 0. The molecule has 0 saturated heterocycles. The summed E-state index contributed by atoms with van der Waals surface area (Å²) in [6.45, 7) is 2.05. The molecule has 1 heterocycles. The molecule has 0 spiro atoms. The topological polar surface area (TPSA) is 132 Å². The predicted octanol–water partition coefficient (Wildman–Crippen LogP) is 3.43. The number of rotatable bonds is 8. The van der Waals surface area contributed by atoms with Crippen LogP contribution in [0.4, 0.5) is 10.2 Å². The van der Waals surface area contributed by atoms with Gasteiger partial charge in [0.05, 0.1) is 10.5 Å². The van der Waals surface area contributed by atoms with Gasteiger partial charge in [-0.05, 0) is 61.5 Å². The van der Waals surface area contributed by atoms with Crippen molar-refractivity contribution in [2.24, 2.45) is 0 Å². The van der Waals surface area contributed by atoms with Crippen molar-refractivity contribution in [1.82, 2.24) is 10.3 Å². The third-order valence-corrected chi connectivity index (χ3v) is 6.17. The number of nitrogens with zero attached hydrogens (tertiary/aromatic N) is 1. The van der Waals surface area contributed by atoms with E-state index in [2.05, 4.69) is 10.3 Å². The molecule has 3 rings (SSSR count). The molecule has 0 radical (unpaired) electrons. The van der Waals surface area contributed by atoms with E-state index >= 15 is 0 Å². The SMILES string of the molecule is CNCc1ccc(S(C)(=O)=O)cc1-c1cnc(N)c(O[C@H](C)c2cc(F)ccc2C(=O)O)c1. The fourth-order valence-electron chi connectivity index (χ4n) is 3.41. The summed E-state index contributed by atoms with van der Waals surface area (Å²) in [6, 6.07) is 9.74. The van der Waals surface area contributed by atoms with Gasteiger partial charge in [0.25, 0.3) is 0 Å². The number of halogens is 1. The predicted molar refractivity (Wildman–Crippen MR) is 122 cm³/mol. The van der Waals surface area contributed by atoms with Crippen molar-refractivity contribution in [3.8, 4) is 16.9 Å². The van der Waals surface area contributed by atoms with Gasteiger partial charge in [-0.3, -0.25) is 0 Å². The molecular formula is C23H24FN3O5S. The lowest BCUT2D eigenvalue weighted by molar-refractivity contribution is 0.0691. The van der Waals surface area contributed by atoms with Gasteiger partial charge in [-0.15, -0.1) is 0 Å². The molecule has 0 aliphatic rings. The second kappa shape index (κ2) is 9.55. The first kappa shape index (κ1) is 24.1. The molecule has 0 amide bonds. The van der Waals surface area contributed by atoms with Crippen LogP contribution in [0.3, 0.4) is 0 Å². The van der Waals surface area contributed by atoms with E-state index in [1.807, 2.05) is 0 Å². The number of nitrogens with one attached hydrogen (secondary N) is 1. The standard InChI is InChI=1S/C23H24FN3O5S/c1-13(19-9-16(24)5-7-18(19)23(28)29)32-21-8-15(12-27-22(21)25)20-10-17(33(3,30)31)6-4-14(20)11-26-2/h4-10,12-13,26H,11H2,1-3H3,(H2,25,27)(H,28,29)/t13-/m1/s1. The molecule has 0 fully saturated rings. The molecule has 2 aromatic carbocycles. The number of anilines is 1. The second-order valence-corrected chi connectivity index (χ2v) is 9.54. The molecule has 10 heteroatoms. The molecule has 0 bridgehead atoms. The summed E-state index contributed by atoms with van der Waals surface area (Å²) < 4.78 is 43.8. The number of carboxylic acids is 1. The van der Waals surface area contributed by atoms with Crippen molar-refractivity contribution in [3.63, 3.8) is 0 Å². The van der Waals surface area contributed by atoms with E-state index in [9.17, 15) is 22.7 Å². The van der Waals surface area contributed by atoms with Crippen LogP contribution >= 0.6 is 0 Å². The molecule has 3 aromatic rings. The van der Waals surface area contributed by atoms with Crippen molar-refractivity contribution >= 4 is 21.6 Å². The van der Waals surface area contributed by atoms with Gasteiger partial charge in [-0.25, -0.2) is 22.6 Å². The Morgan fingerprint density at radius 1 is 1.24 bits per heavy atom. The number of sulfone groups is 1. The normalized spacial score (nSPS) is 12.4. The van der Waals surface area contributed by atoms with Gasteiger partial charge in [0.2, 0.25) is 0 Å². The smallest absolute Gasteiger partial charge is 0.336 e. The number of benzene rings is 2. The van der Waals surface area contributed by atoms with Crippen molar-refractivity contribution < 1.29 is 27.4 Å². The van der Waals surface area contributed by atoms with Crippen LogP contribution in [-0.4, -0.2) is 37.8 Å². The Morgan fingerprint density at radius 3 is 2.61 bits per heavy atom. The number of carbonyl (C=O) groups is 1. The first-order valence-electron chi connectivity index (χ1n) is 9.94. The second-order valence-electron chi connectivity index (χ2n) is 7.53. The fraction of sp³-hybridized carbons (Fsp3) is 0.217. The maximum absolute atomic E-state index is 13.8. The maximum atomic E-state index is 13.8. The minimum atomic E-state index is -3.44. The molecule has 174 valence electrons. The maximum Gasteiger partial charge on any atom is 0.336 e. The minimum Gasteiger partial charge on any atom is -0.482 e. The third kappa shape index (κ3) is 5.47. The highest BCUT2D eigenvalue weighted by atomic mass is 32.2. The third-order valence-electron chi connectivity index (χ3n) is 5.06. The highest BCUT2D eigenvalue weighted by molar-refractivity contribution is 7.90. The Bertz CT molecular complexity index is 1310. The zero-order valence-electron chi connectivity index (χ0n) is 18.3. The number of ether oxygens (including phenoxy) is 1. The Kier molecular flexibility index (Phi) is 6.99. The van der Waals surface area contributed by atoms with E-state index in [1.54, 1.807) is 32.2 Å². The van der Waals surface area contributed by atoms with Crippen molar-refractivity contribution in [2.45, 2.75) is 24.5 Å². The van der Waals surface area contributed by atoms with Gasteiger partial charge in [0.1, 0.15) is 11.9 Å². The van der Waals surface area contributed by atoms with Gasteiger partial charge in [0, 0.05) is 30.1 Å². The molecule has 1 aromatic heterocycles. The van der Waals surface area contributed by atoms with Gasteiger partial charge >= 0.3 is 5.97 Å². The van der Waals surface area contributed by atoms with Crippen molar-refractivity contribution in [3.05, 3.63) is 71.2 Å². The number of aromatic carboxylic acids is 1. The van der Waals surface area contributed by atoms with Crippen molar-refractivity contribution in [1.29, 1.82) is 0 Å². The zero-order valence-corrected chi connectivity index (χ0v) is 19.1. The number of nitrogen functional groups attached to an aromatic ring is 1. The van der Waals surface area contributed by atoms with Crippen LogP contribution in [-0.2, 0) is 16.4 Å². The Labute approximate surface area is 191 Å². The lowest BCUT2D eigenvalue weighted by Crippen LogP contribution is -2.12. The van der Waals surface area contributed by atoms with E-state index in [0.29, 0.717) is 17.7 Å². The van der Waals surface area contributed by atoms with Gasteiger partial charge in [-0.2, -0.15) is 0 Å². The number of hydrogen-bond acceptors (Lipinski definition) is 7. The minimum absolute atomic E-state index is 0.0494. The van der Waals surface area contributed by atoms with E-state index in [0.717, 1.165) is 24.0 Å². The summed E-state index contributed by atoms with van der Waals surface area (Å²) in [7, 11) is -1.67. The molecule has 0 aliphatic heterocycles. The van der Waals surface area contributed by atoms with E-state index < -0.39 is 27.7 Å². The van der Waals surface area contributed by atoms with Crippen LogP contribution in [0.2, 0.25) is 0 Å². The first-order chi connectivity index (χ1) is 15.5. The molecule has 0 saturated carbocycles. The Hall–Kier alpha value is -3.50. The molecule has 1 atom stereocenters. The Morgan fingerprint density at radius 2 is 1.97 bits per heavy atom. The van der Waals surface area contributed by atoms with E-state index in [4.69, 9.17) is 10.5 Å². The molecule has 0 aliphatic carbocycles. The quantitative estimate of drug-likeness (QED) is 0.453. The number of carboxylic acid groups (broad SMARTS) is 1. The highest BCUT2D eigenvalue weighted by Crippen LogP contribution is 2.34. The molecular weight excluding hydrogens is 449 g/mol. The summed E-state index contributed by atoms with van der Waals surface area (Å²) in [5.41, 5.74) is 8.03. The summed E-state index contributed by atoms with van der Waals surface area (Å²) in [5, 5.41) is 12.5. The first-order valence-corrected chi connectivity index (χ1v) is 11.8. The monoisotopic (exact) mass is 473 g/mol. The molecule has 33 heavy (non-hydrogen) atoms. The number of pyridine rings is 1. The van der Waals surface area contributed by atoms with Crippen molar-refractivity contribution in [2.75, 3.05) is 19.0 Å². The zero-order chi connectivity index (χ0) is 24.3. The van der Waals surface area contributed by atoms with Gasteiger partial charge in [0.15, 0.2) is 21.4 Å². The van der Waals surface area contributed by atoms with E-state index in [-0.39, 0.29) is 27.6 Å². The number of hydrogen-bond donors (Lipinski definition) is 3. The largest absolute Gasteiger partial charge is 0.482 e. The van der Waals surface area contributed by atoms with Gasteiger partial charge in [-0.1, -0.05) is 6.07 Å². The lowest BCUT2D eigenvalue weighted by atomic mass is 10.0. The number of aromatic nitrogens is 1. The van der Waals surface area contributed by atoms with Crippen LogP contribution in [0.5, 0.6) is 5.75 Å².